The summed E-state index contributed by atoms with van der Waals surface area (Å²) in [5, 5.41) is 3.50. The largest absolute Gasteiger partial charge is 0.495 e. The van der Waals surface area contributed by atoms with E-state index < -0.39 is 0 Å². The second-order valence-corrected chi connectivity index (χ2v) is 5.76. The van der Waals surface area contributed by atoms with Gasteiger partial charge in [-0.3, -0.25) is 0 Å². The van der Waals surface area contributed by atoms with Crippen LogP contribution < -0.4 is 4.74 Å². The van der Waals surface area contributed by atoms with Crippen molar-refractivity contribution < 1.29 is 4.74 Å². The van der Waals surface area contributed by atoms with Crippen LogP contribution in [0.1, 0.15) is 0 Å². The zero-order valence-corrected chi connectivity index (χ0v) is 11.6. The van der Waals surface area contributed by atoms with Crippen LogP contribution in [-0.4, -0.2) is 13.4 Å². The van der Waals surface area contributed by atoms with Crippen molar-refractivity contribution in [3.63, 3.8) is 0 Å². The Morgan fingerprint density at radius 3 is 2.86 bits per heavy atom. The van der Waals surface area contributed by atoms with E-state index in [1.54, 1.807) is 30.2 Å². The Kier molecular flexibility index (Phi) is 3.23. The molecule has 0 saturated heterocycles. The maximum absolute atomic E-state index is 5.36. The van der Waals surface area contributed by atoms with Gasteiger partial charge in [-0.15, -0.1) is 23.1 Å². The van der Waals surface area contributed by atoms with Crippen molar-refractivity contribution in [2.24, 2.45) is 0 Å². The summed E-state index contributed by atoms with van der Waals surface area (Å²) in [6, 6.07) is 4.28. The van der Waals surface area contributed by atoms with Crippen LogP contribution in [0.25, 0.3) is 10.1 Å². The van der Waals surface area contributed by atoms with Crippen LogP contribution in [0.4, 0.5) is 0 Å². The fraction of sp³-hybridized carbons (Fsp3) is 0.200. The minimum Gasteiger partial charge on any atom is -0.495 e. The second kappa shape index (κ2) is 4.28. The molecule has 1 aromatic heterocycles. The molecule has 0 spiro atoms. The highest BCUT2D eigenvalue weighted by Gasteiger charge is 2.09. The molecule has 0 unspecified atom stereocenters. The number of thiophene rings is 1. The van der Waals surface area contributed by atoms with Gasteiger partial charge in [0.2, 0.25) is 0 Å². The normalized spacial score (nSPS) is 10.8. The average molecular weight is 336 g/mol. The second-order valence-electron chi connectivity index (χ2n) is 2.79. The summed E-state index contributed by atoms with van der Waals surface area (Å²) in [6.07, 6.45) is 2.10. The first-order valence-electron chi connectivity index (χ1n) is 4.05. The highest BCUT2D eigenvalue weighted by atomic mass is 127. The average Bonchev–Trinajstić information content (AvgIpc) is 2.59. The van der Waals surface area contributed by atoms with Crippen molar-refractivity contribution in [2.45, 2.75) is 4.90 Å². The molecule has 0 aliphatic rings. The van der Waals surface area contributed by atoms with Gasteiger partial charge < -0.3 is 4.74 Å². The number of methoxy groups -OCH3 is 1. The van der Waals surface area contributed by atoms with E-state index in [1.807, 2.05) is 0 Å². The van der Waals surface area contributed by atoms with E-state index in [1.165, 1.54) is 18.6 Å². The lowest BCUT2D eigenvalue weighted by atomic mass is 10.2. The molecule has 1 heterocycles. The van der Waals surface area contributed by atoms with Gasteiger partial charge in [0.25, 0.3) is 0 Å². The van der Waals surface area contributed by atoms with Crippen LogP contribution in [0, 0.1) is 3.57 Å². The lowest BCUT2D eigenvalue weighted by Crippen LogP contribution is -1.83. The molecule has 2 aromatic rings. The Labute approximate surface area is 105 Å². The predicted molar refractivity (Wildman–Crippen MR) is 72.9 cm³/mol. The summed E-state index contributed by atoms with van der Waals surface area (Å²) in [6.45, 7) is 0. The van der Waals surface area contributed by atoms with E-state index in [9.17, 15) is 0 Å². The highest BCUT2D eigenvalue weighted by Crippen LogP contribution is 2.38. The molecule has 4 heteroatoms. The van der Waals surface area contributed by atoms with Gasteiger partial charge in [-0.05, 0) is 41.0 Å². The van der Waals surface area contributed by atoms with E-state index in [-0.39, 0.29) is 0 Å². The smallest absolute Gasteiger partial charge is 0.137 e. The Morgan fingerprint density at radius 2 is 2.21 bits per heavy atom. The van der Waals surface area contributed by atoms with Gasteiger partial charge in [0.15, 0.2) is 0 Å². The van der Waals surface area contributed by atoms with Gasteiger partial charge in [-0.1, -0.05) is 0 Å². The van der Waals surface area contributed by atoms with Crippen molar-refractivity contribution in [3.05, 3.63) is 21.1 Å². The number of hydrogen-bond donors (Lipinski definition) is 0. The Hall–Kier alpha value is 0.0600. The van der Waals surface area contributed by atoms with Crippen molar-refractivity contribution in [3.8, 4) is 5.75 Å². The van der Waals surface area contributed by atoms with Crippen molar-refractivity contribution in [1.82, 2.24) is 0 Å². The van der Waals surface area contributed by atoms with Crippen LogP contribution in [0.5, 0.6) is 5.75 Å². The monoisotopic (exact) mass is 336 g/mol. The van der Waals surface area contributed by atoms with Gasteiger partial charge >= 0.3 is 0 Å². The van der Waals surface area contributed by atoms with Gasteiger partial charge in [0, 0.05) is 19.2 Å². The molecule has 1 nitrogen and oxygen atoms in total. The summed E-state index contributed by atoms with van der Waals surface area (Å²) in [7, 11) is 1.73. The first-order chi connectivity index (χ1) is 6.76. The summed E-state index contributed by atoms with van der Waals surface area (Å²) in [5.41, 5.74) is 0. The van der Waals surface area contributed by atoms with E-state index in [0.29, 0.717) is 0 Å². The number of benzene rings is 1. The minimum atomic E-state index is 0.984. The molecule has 0 fully saturated rings. The number of rotatable bonds is 2. The van der Waals surface area contributed by atoms with Crippen LogP contribution in [0.3, 0.4) is 0 Å². The Morgan fingerprint density at radius 1 is 1.43 bits per heavy atom. The van der Waals surface area contributed by atoms with E-state index >= 15 is 0 Å². The van der Waals surface area contributed by atoms with Gasteiger partial charge in [0.05, 0.1) is 11.8 Å². The van der Waals surface area contributed by atoms with E-state index in [2.05, 4.69) is 46.4 Å². The third-order valence-electron chi connectivity index (χ3n) is 2.01. The maximum Gasteiger partial charge on any atom is 0.137 e. The molecule has 0 radical (unpaired) electrons. The fourth-order valence-corrected chi connectivity index (χ4v) is 3.83. The standard InChI is InChI=1S/C10H9IOS2/c1-12-8-4-6(11)3-7-9(13-2)5-14-10(7)8/h3-5H,1-2H3. The van der Waals surface area contributed by atoms with Crippen LogP contribution >= 0.6 is 45.7 Å². The van der Waals surface area contributed by atoms with Crippen LogP contribution in [0.2, 0.25) is 0 Å². The molecule has 0 bridgehead atoms. The molecule has 0 aliphatic carbocycles. The van der Waals surface area contributed by atoms with Gasteiger partial charge in [-0.25, -0.2) is 0 Å². The third kappa shape index (κ3) is 1.75. The lowest BCUT2D eigenvalue weighted by molar-refractivity contribution is 0.420. The first-order valence-corrected chi connectivity index (χ1v) is 7.23. The van der Waals surface area contributed by atoms with Crippen molar-refractivity contribution >= 4 is 55.8 Å². The topological polar surface area (TPSA) is 9.23 Å². The first kappa shape index (κ1) is 10.6. The van der Waals surface area contributed by atoms with Crippen molar-refractivity contribution in [1.29, 1.82) is 0 Å². The highest BCUT2D eigenvalue weighted by molar-refractivity contribution is 14.1. The summed E-state index contributed by atoms with van der Waals surface area (Å²) in [5.74, 6) is 0.984. The number of halogens is 1. The van der Waals surface area contributed by atoms with Crippen LogP contribution in [0.15, 0.2) is 22.4 Å². The molecule has 0 saturated carbocycles. The Bertz CT molecular complexity index is 464. The lowest BCUT2D eigenvalue weighted by Gasteiger charge is -2.02. The predicted octanol–water partition coefficient (Wildman–Crippen LogP) is 4.24. The minimum absolute atomic E-state index is 0.984. The van der Waals surface area contributed by atoms with Crippen molar-refractivity contribution in [2.75, 3.05) is 13.4 Å². The summed E-state index contributed by atoms with van der Waals surface area (Å²) in [4.78, 5) is 1.34. The van der Waals surface area contributed by atoms with Crippen LogP contribution in [-0.2, 0) is 0 Å². The zero-order valence-electron chi connectivity index (χ0n) is 7.83. The van der Waals surface area contributed by atoms with Gasteiger partial charge in [0.1, 0.15) is 5.75 Å². The number of thioether (sulfide) groups is 1. The Balaban J connectivity index is 2.76. The molecule has 0 N–H and O–H groups in total. The third-order valence-corrected chi connectivity index (χ3v) is 4.57. The number of ether oxygens (including phenoxy) is 1. The SMILES string of the molecule is COc1cc(I)cc2c(SC)csc12. The molecule has 0 amide bonds. The molecular formula is C10H9IOS2. The molecule has 14 heavy (non-hydrogen) atoms. The summed E-state index contributed by atoms with van der Waals surface area (Å²) < 4.78 is 7.83. The van der Waals surface area contributed by atoms with Gasteiger partial charge in [-0.2, -0.15) is 0 Å². The molecule has 0 atom stereocenters. The summed E-state index contributed by atoms with van der Waals surface area (Å²) >= 11 is 5.86. The van der Waals surface area contributed by atoms with E-state index in [4.69, 9.17) is 4.74 Å². The molecule has 2 rings (SSSR count). The quantitative estimate of drug-likeness (QED) is 0.599. The number of fused-ring (bicyclic) bond motifs is 1. The fourth-order valence-electron chi connectivity index (χ4n) is 1.36. The molecule has 0 aliphatic heterocycles. The van der Waals surface area contributed by atoms with E-state index in [0.717, 1.165) is 5.75 Å². The molecule has 1 aromatic carbocycles. The molecule has 74 valence electrons. The number of hydrogen-bond acceptors (Lipinski definition) is 3. The maximum atomic E-state index is 5.36. The molecular weight excluding hydrogens is 327 g/mol. The zero-order chi connectivity index (χ0) is 10.1.